The fourth-order valence-electron chi connectivity index (χ4n) is 2.78. The van der Waals surface area contributed by atoms with Crippen LogP contribution in [-0.2, 0) is 4.74 Å². The Morgan fingerprint density at radius 1 is 1.36 bits per heavy atom. The number of rotatable bonds is 5. The number of hydrogen-bond donors (Lipinski definition) is 1. The van der Waals surface area contributed by atoms with Gasteiger partial charge in [-0.2, -0.15) is 0 Å². The van der Waals surface area contributed by atoms with E-state index in [0.717, 1.165) is 31.8 Å². The van der Waals surface area contributed by atoms with Crippen LogP contribution in [0.2, 0.25) is 0 Å². The van der Waals surface area contributed by atoms with Gasteiger partial charge in [0.1, 0.15) is 0 Å². The third kappa shape index (κ3) is 2.27. The number of ether oxygens (including phenoxy) is 1. The zero-order chi connectivity index (χ0) is 9.80. The quantitative estimate of drug-likeness (QED) is 0.663. The standard InChI is InChI=1S/C11H22N2O/c1-2-14-9-6-12-10-5-8-13-7-3-4-11(10)13/h10-12H,2-9H2,1H3. The predicted octanol–water partition coefficient (Wildman–Crippen LogP) is 0.849. The van der Waals surface area contributed by atoms with Gasteiger partial charge in [-0.05, 0) is 32.7 Å². The molecule has 1 N–H and O–H groups in total. The van der Waals surface area contributed by atoms with Gasteiger partial charge in [0.15, 0.2) is 0 Å². The molecule has 2 rings (SSSR count). The molecule has 3 nitrogen and oxygen atoms in total. The van der Waals surface area contributed by atoms with E-state index in [2.05, 4.69) is 10.2 Å². The topological polar surface area (TPSA) is 24.5 Å². The van der Waals surface area contributed by atoms with Crippen molar-refractivity contribution in [1.29, 1.82) is 0 Å². The summed E-state index contributed by atoms with van der Waals surface area (Å²) in [5.74, 6) is 0. The first kappa shape index (κ1) is 10.4. The summed E-state index contributed by atoms with van der Waals surface area (Å²) in [6.07, 6.45) is 4.12. The second-order valence-corrected chi connectivity index (χ2v) is 4.29. The number of hydrogen-bond acceptors (Lipinski definition) is 3. The van der Waals surface area contributed by atoms with Crippen LogP contribution in [-0.4, -0.2) is 49.8 Å². The molecule has 0 aliphatic carbocycles. The minimum atomic E-state index is 0.734. The highest BCUT2D eigenvalue weighted by Gasteiger charge is 2.36. The van der Waals surface area contributed by atoms with Gasteiger partial charge < -0.3 is 10.1 Å². The Kier molecular flexibility index (Phi) is 3.79. The lowest BCUT2D eigenvalue weighted by atomic mass is 10.1. The Hall–Kier alpha value is -0.120. The van der Waals surface area contributed by atoms with E-state index in [1.807, 2.05) is 6.92 Å². The van der Waals surface area contributed by atoms with Gasteiger partial charge >= 0.3 is 0 Å². The molecule has 0 aromatic rings. The highest BCUT2D eigenvalue weighted by molar-refractivity contribution is 4.95. The molecule has 0 aromatic heterocycles. The summed E-state index contributed by atoms with van der Waals surface area (Å²) >= 11 is 0. The van der Waals surface area contributed by atoms with Crippen LogP contribution < -0.4 is 5.32 Å². The normalized spacial score (nSPS) is 32.4. The van der Waals surface area contributed by atoms with E-state index in [0.29, 0.717) is 0 Å². The second-order valence-electron chi connectivity index (χ2n) is 4.29. The number of fused-ring (bicyclic) bond motifs is 1. The summed E-state index contributed by atoms with van der Waals surface area (Å²) in [7, 11) is 0. The lowest BCUT2D eigenvalue weighted by Crippen LogP contribution is -2.40. The molecule has 2 fully saturated rings. The van der Waals surface area contributed by atoms with Gasteiger partial charge in [-0.1, -0.05) is 0 Å². The van der Waals surface area contributed by atoms with Gasteiger partial charge in [-0.25, -0.2) is 0 Å². The van der Waals surface area contributed by atoms with Crippen molar-refractivity contribution in [1.82, 2.24) is 10.2 Å². The molecule has 0 spiro atoms. The van der Waals surface area contributed by atoms with Gasteiger partial charge in [-0.15, -0.1) is 0 Å². The fourth-order valence-corrected chi connectivity index (χ4v) is 2.78. The largest absolute Gasteiger partial charge is 0.380 e. The summed E-state index contributed by atoms with van der Waals surface area (Å²) in [6, 6.07) is 1.56. The van der Waals surface area contributed by atoms with Crippen molar-refractivity contribution in [2.24, 2.45) is 0 Å². The third-order valence-corrected chi connectivity index (χ3v) is 3.46. The Balaban J connectivity index is 1.66. The van der Waals surface area contributed by atoms with Crippen molar-refractivity contribution in [3.8, 4) is 0 Å². The molecule has 2 aliphatic rings. The first-order chi connectivity index (χ1) is 6.92. The van der Waals surface area contributed by atoms with Crippen LogP contribution in [0.15, 0.2) is 0 Å². The van der Waals surface area contributed by atoms with Gasteiger partial charge in [0.2, 0.25) is 0 Å². The van der Waals surface area contributed by atoms with E-state index < -0.39 is 0 Å². The fraction of sp³-hybridized carbons (Fsp3) is 1.00. The summed E-state index contributed by atoms with van der Waals surface area (Å²) in [6.45, 7) is 7.39. The molecule has 14 heavy (non-hydrogen) atoms. The summed E-state index contributed by atoms with van der Waals surface area (Å²) in [5.41, 5.74) is 0. The zero-order valence-electron chi connectivity index (χ0n) is 9.17. The third-order valence-electron chi connectivity index (χ3n) is 3.46. The van der Waals surface area contributed by atoms with Crippen molar-refractivity contribution in [3.63, 3.8) is 0 Å². The van der Waals surface area contributed by atoms with Crippen molar-refractivity contribution in [3.05, 3.63) is 0 Å². The molecule has 0 bridgehead atoms. The van der Waals surface area contributed by atoms with Crippen LogP contribution in [0.1, 0.15) is 26.2 Å². The zero-order valence-corrected chi connectivity index (χ0v) is 9.17. The molecule has 0 saturated carbocycles. The monoisotopic (exact) mass is 198 g/mol. The van der Waals surface area contributed by atoms with E-state index in [1.165, 1.54) is 32.4 Å². The summed E-state index contributed by atoms with van der Waals surface area (Å²) in [4.78, 5) is 2.64. The predicted molar refractivity (Wildman–Crippen MR) is 57.5 cm³/mol. The molecule has 2 unspecified atom stereocenters. The molecule has 0 radical (unpaired) electrons. The average molecular weight is 198 g/mol. The maximum absolute atomic E-state index is 5.33. The summed E-state index contributed by atoms with van der Waals surface area (Å²) in [5, 5.41) is 3.62. The molecule has 3 heteroatoms. The summed E-state index contributed by atoms with van der Waals surface area (Å²) < 4.78 is 5.33. The Morgan fingerprint density at radius 3 is 3.14 bits per heavy atom. The van der Waals surface area contributed by atoms with Crippen LogP contribution in [0.25, 0.3) is 0 Å². The van der Waals surface area contributed by atoms with Gasteiger partial charge in [0.25, 0.3) is 0 Å². The SMILES string of the molecule is CCOCCNC1CCN2CCCC12. The van der Waals surface area contributed by atoms with Gasteiger partial charge in [0.05, 0.1) is 6.61 Å². The highest BCUT2D eigenvalue weighted by atomic mass is 16.5. The molecule has 0 aromatic carbocycles. The van der Waals surface area contributed by atoms with Crippen molar-refractivity contribution >= 4 is 0 Å². The van der Waals surface area contributed by atoms with Gasteiger partial charge in [0, 0.05) is 31.8 Å². The maximum Gasteiger partial charge on any atom is 0.0590 e. The maximum atomic E-state index is 5.33. The Labute approximate surface area is 86.8 Å². The molecule has 2 saturated heterocycles. The van der Waals surface area contributed by atoms with E-state index in [9.17, 15) is 0 Å². The van der Waals surface area contributed by atoms with E-state index in [1.54, 1.807) is 0 Å². The first-order valence-electron chi connectivity index (χ1n) is 5.97. The van der Waals surface area contributed by atoms with Crippen molar-refractivity contribution in [2.75, 3.05) is 32.8 Å². The highest BCUT2D eigenvalue weighted by Crippen LogP contribution is 2.27. The molecule has 2 heterocycles. The van der Waals surface area contributed by atoms with E-state index in [4.69, 9.17) is 4.74 Å². The number of nitrogens with one attached hydrogen (secondary N) is 1. The lowest BCUT2D eigenvalue weighted by molar-refractivity contribution is 0.145. The molecule has 0 amide bonds. The van der Waals surface area contributed by atoms with E-state index >= 15 is 0 Å². The van der Waals surface area contributed by atoms with Crippen LogP contribution in [0.3, 0.4) is 0 Å². The van der Waals surface area contributed by atoms with Crippen LogP contribution in [0, 0.1) is 0 Å². The first-order valence-corrected chi connectivity index (χ1v) is 5.97. The van der Waals surface area contributed by atoms with Crippen molar-refractivity contribution in [2.45, 2.75) is 38.3 Å². The minimum absolute atomic E-state index is 0.734. The molecule has 82 valence electrons. The Bertz CT molecular complexity index is 175. The van der Waals surface area contributed by atoms with Gasteiger partial charge in [-0.3, -0.25) is 4.90 Å². The van der Waals surface area contributed by atoms with E-state index in [-0.39, 0.29) is 0 Å². The molecular weight excluding hydrogens is 176 g/mol. The second kappa shape index (κ2) is 5.10. The molecule has 2 atom stereocenters. The minimum Gasteiger partial charge on any atom is -0.380 e. The van der Waals surface area contributed by atoms with Crippen molar-refractivity contribution < 1.29 is 4.74 Å². The molecular formula is C11H22N2O. The number of nitrogens with zero attached hydrogens (tertiary/aromatic N) is 1. The average Bonchev–Trinajstić information content (AvgIpc) is 2.75. The lowest BCUT2D eigenvalue weighted by Gasteiger charge is -2.21. The van der Waals surface area contributed by atoms with Crippen LogP contribution in [0.5, 0.6) is 0 Å². The Morgan fingerprint density at radius 2 is 2.29 bits per heavy atom. The van der Waals surface area contributed by atoms with Crippen LogP contribution in [0.4, 0.5) is 0 Å². The van der Waals surface area contributed by atoms with Crippen LogP contribution >= 0.6 is 0 Å². The smallest absolute Gasteiger partial charge is 0.0590 e. The molecule has 2 aliphatic heterocycles.